The predicted molar refractivity (Wildman–Crippen MR) is 142 cm³/mol. The molecule has 1 amide bonds. The first-order valence-corrected chi connectivity index (χ1v) is 14.1. The Morgan fingerprint density at radius 1 is 1.11 bits per heavy atom. The van der Waals surface area contributed by atoms with Gasteiger partial charge in [0.2, 0.25) is 5.91 Å². The first kappa shape index (κ1) is 26.2. The van der Waals surface area contributed by atoms with Crippen LogP contribution in [0.1, 0.15) is 65.3 Å². The summed E-state index contributed by atoms with van der Waals surface area (Å²) in [7, 11) is 1.86. The number of aryl methyl sites for hydroxylation is 2. The lowest BCUT2D eigenvalue weighted by Gasteiger charge is -2.09. The van der Waals surface area contributed by atoms with Crippen molar-refractivity contribution in [2.24, 2.45) is 7.05 Å². The standard InChI is InChI=1S/C26H32N4O4S2/c1-4-17-11-13-18(14-12-17)34-15-21-28-29-26(30(21)3)35-16-22(31)27-24-23(25(32)33-5-2)19-9-7-6-8-10-20(19)36-24/h11-14H,4-10,15-16H2,1-3H3,(H,27,31). The van der Waals surface area contributed by atoms with Crippen LogP contribution in [0.3, 0.4) is 0 Å². The Bertz CT molecular complexity index is 1200. The molecule has 0 aliphatic heterocycles. The molecule has 2 aromatic heterocycles. The summed E-state index contributed by atoms with van der Waals surface area (Å²) in [5.74, 6) is 1.04. The zero-order chi connectivity index (χ0) is 25.5. The van der Waals surface area contributed by atoms with Gasteiger partial charge in [0.25, 0.3) is 0 Å². The Balaban J connectivity index is 1.37. The average molecular weight is 529 g/mol. The minimum atomic E-state index is -0.359. The molecule has 0 spiro atoms. The number of thioether (sulfide) groups is 1. The average Bonchev–Trinajstić information content (AvgIpc) is 3.31. The Hall–Kier alpha value is -2.85. The summed E-state index contributed by atoms with van der Waals surface area (Å²) in [6.45, 7) is 4.49. The molecule has 0 saturated heterocycles. The number of esters is 1. The van der Waals surface area contributed by atoms with Gasteiger partial charge < -0.3 is 19.4 Å². The van der Waals surface area contributed by atoms with Crippen LogP contribution in [0, 0.1) is 0 Å². The number of carbonyl (C=O) groups is 2. The van der Waals surface area contributed by atoms with Crippen LogP contribution < -0.4 is 10.1 Å². The van der Waals surface area contributed by atoms with E-state index in [0.29, 0.717) is 28.2 Å². The second-order valence-corrected chi connectivity index (χ2v) is 10.6. The van der Waals surface area contributed by atoms with E-state index in [0.717, 1.165) is 49.8 Å². The Labute approximate surface area is 219 Å². The Morgan fingerprint density at radius 3 is 2.64 bits per heavy atom. The minimum absolute atomic E-state index is 0.149. The van der Waals surface area contributed by atoms with Gasteiger partial charge in [0, 0.05) is 11.9 Å². The molecule has 0 bridgehead atoms. The predicted octanol–water partition coefficient (Wildman–Crippen LogP) is 5.19. The zero-order valence-electron chi connectivity index (χ0n) is 21.0. The molecule has 0 saturated carbocycles. The molecule has 0 radical (unpaired) electrons. The zero-order valence-corrected chi connectivity index (χ0v) is 22.6. The maximum atomic E-state index is 12.8. The highest BCUT2D eigenvalue weighted by atomic mass is 32.2. The number of ether oxygens (including phenoxy) is 2. The number of nitrogens with zero attached hydrogens (tertiary/aromatic N) is 3. The molecule has 0 unspecified atom stereocenters. The highest BCUT2D eigenvalue weighted by Crippen LogP contribution is 2.38. The molecule has 192 valence electrons. The third kappa shape index (κ3) is 6.28. The molecule has 2 heterocycles. The first-order chi connectivity index (χ1) is 17.5. The summed E-state index contributed by atoms with van der Waals surface area (Å²) < 4.78 is 13.0. The molecule has 1 aromatic carbocycles. The molecule has 0 fully saturated rings. The third-order valence-corrected chi connectivity index (χ3v) is 8.34. The van der Waals surface area contributed by atoms with Crippen LogP contribution in [0.5, 0.6) is 5.75 Å². The van der Waals surface area contributed by atoms with Gasteiger partial charge in [-0.15, -0.1) is 21.5 Å². The van der Waals surface area contributed by atoms with E-state index in [1.165, 1.54) is 33.5 Å². The molecular weight excluding hydrogens is 496 g/mol. The van der Waals surface area contributed by atoms with Gasteiger partial charge in [0.15, 0.2) is 11.0 Å². The van der Waals surface area contributed by atoms with Crippen LogP contribution in [0.15, 0.2) is 29.4 Å². The lowest BCUT2D eigenvalue weighted by atomic mass is 10.1. The van der Waals surface area contributed by atoms with Crippen LogP contribution in [-0.2, 0) is 42.4 Å². The molecular formula is C26H32N4O4S2. The number of nitrogens with one attached hydrogen (secondary N) is 1. The topological polar surface area (TPSA) is 95.3 Å². The summed E-state index contributed by atoms with van der Waals surface area (Å²) in [6.07, 6.45) is 6.05. The van der Waals surface area contributed by atoms with Crippen molar-refractivity contribution in [3.8, 4) is 5.75 Å². The fourth-order valence-corrected chi connectivity index (χ4v) is 6.13. The van der Waals surface area contributed by atoms with Crippen molar-refractivity contribution in [1.82, 2.24) is 14.8 Å². The number of rotatable bonds is 10. The highest BCUT2D eigenvalue weighted by molar-refractivity contribution is 7.99. The second-order valence-electron chi connectivity index (χ2n) is 8.57. The lowest BCUT2D eigenvalue weighted by Crippen LogP contribution is -2.17. The molecule has 1 aliphatic rings. The lowest BCUT2D eigenvalue weighted by molar-refractivity contribution is -0.113. The van der Waals surface area contributed by atoms with Crippen molar-refractivity contribution >= 4 is 40.0 Å². The van der Waals surface area contributed by atoms with Crippen molar-refractivity contribution in [1.29, 1.82) is 0 Å². The van der Waals surface area contributed by atoms with Gasteiger partial charge in [-0.25, -0.2) is 4.79 Å². The van der Waals surface area contributed by atoms with Crippen LogP contribution in [-0.4, -0.2) is 39.0 Å². The van der Waals surface area contributed by atoms with Crippen molar-refractivity contribution in [3.05, 3.63) is 51.7 Å². The molecule has 3 aromatic rings. The number of benzene rings is 1. The quantitative estimate of drug-likeness (QED) is 0.220. The van der Waals surface area contributed by atoms with Gasteiger partial charge in [-0.05, 0) is 62.3 Å². The normalized spacial score (nSPS) is 13.1. The van der Waals surface area contributed by atoms with Crippen LogP contribution >= 0.6 is 23.1 Å². The van der Waals surface area contributed by atoms with Crippen molar-refractivity contribution in [2.45, 2.75) is 64.1 Å². The molecule has 4 rings (SSSR count). The van der Waals surface area contributed by atoms with Gasteiger partial charge in [0.05, 0.1) is 17.9 Å². The summed E-state index contributed by atoms with van der Waals surface area (Å²) in [5, 5.41) is 12.6. The Morgan fingerprint density at radius 2 is 1.89 bits per heavy atom. The van der Waals surface area contributed by atoms with Gasteiger partial charge in [-0.2, -0.15) is 0 Å². The minimum Gasteiger partial charge on any atom is -0.486 e. The van der Waals surface area contributed by atoms with E-state index >= 15 is 0 Å². The monoisotopic (exact) mass is 528 g/mol. The maximum Gasteiger partial charge on any atom is 0.341 e. The van der Waals surface area contributed by atoms with Gasteiger partial charge in [0.1, 0.15) is 17.4 Å². The summed E-state index contributed by atoms with van der Waals surface area (Å²) in [5.41, 5.74) is 2.83. The maximum absolute atomic E-state index is 12.8. The van der Waals surface area contributed by atoms with E-state index in [4.69, 9.17) is 9.47 Å². The number of thiophene rings is 1. The largest absolute Gasteiger partial charge is 0.486 e. The number of anilines is 1. The number of fused-ring (bicyclic) bond motifs is 1. The number of hydrogen-bond donors (Lipinski definition) is 1. The molecule has 0 atom stereocenters. The number of aromatic nitrogens is 3. The molecule has 10 heteroatoms. The van der Waals surface area contributed by atoms with E-state index in [1.54, 1.807) is 6.92 Å². The van der Waals surface area contributed by atoms with Crippen LogP contribution in [0.25, 0.3) is 0 Å². The van der Waals surface area contributed by atoms with E-state index < -0.39 is 0 Å². The summed E-state index contributed by atoms with van der Waals surface area (Å²) in [6, 6.07) is 7.99. The van der Waals surface area contributed by atoms with E-state index in [1.807, 2.05) is 35.9 Å². The summed E-state index contributed by atoms with van der Waals surface area (Å²) >= 11 is 2.80. The highest BCUT2D eigenvalue weighted by Gasteiger charge is 2.26. The van der Waals surface area contributed by atoms with E-state index in [-0.39, 0.29) is 24.2 Å². The number of hydrogen-bond acceptors (Lipinski definition) is 8. The molecule has 8 nitrogen and oxygen atoms in total. The number of amides is 1. The van der Waals surface area contributed by atoms with Crippen LogP contribution in [0.4, 0.5) is 5.00 Å². The van der Waals surface area contributed by atoms with E-state index in [2.05, 4.69) is 22.4 Å². The number of carbonyl (C=O) groups excluding carboxylic acids is 2. The molecule has 36 heavy (non-hydrogen) atoms. The smallest absolute Gasteiger partial charge is 0.341 e. The summed E-state index contributed by atoms with van der Waals surface area (Å²) in [4.78, 5) is 26.7. The fraction of sp³-hybridized carbons (Fsp3) is 0.462. The van der Waals surface area contributed by atoms with Crippen LogP contribution in [0.2, 0.25) is 0 Å². The van der Waals surface area contributed by atoms with Gasteiger partial charge in [-0.3, -0.25) is 4.79 Å². The molecule has 1 aliphatic carbocycles. The fourth-order valence-electron chi connectivity index (χ4n) is 4.11. The van der Waals surface area contributed by atoms with Crippen molar-refractivity contribution in [3.63, 3.8) is 0 Å². The Kier molecular flexibility index (Phi) is 9.03. The van der Waals surface area contributed by atoms with Crippen molar-refractivity contribution < 1.29 is 19.1 Å². The van der Waals surface area contributed by atoms with Gasteiger partial charge in [-0.1, -0.05) is 37.2 Å². The first-order valence-electron chi connectivity index (χ1n) is 12.3. The van der Waals surface area contributed by atoms with Gasteiger partial charge >= 0.3 is 5.97 Å². The SMILES string of the molecule is CCOC(=O)c1c(NC(=O)CSc2nnc(COc3ccc(CC)cc3)n2C)sc2c1CCCCC2. The second kappa shape index (κ2) is 12.4. The van der Waals surface area contributed by atoms with Crippen molar-refractivity contribution in [2.75, 3.05) is 17.7 Å². The molecule has 1 N–H and O–H groups in total. The third-order valence-electron chi connectivity index (χ3n) is 6.11. The van der Waals surface area contributed by atoms with E-state index in [9.17, 15) is 9.59 Å².